The lowest BCUT2D eigenvalue weighted by Gasteiger charge is -2.12. The summed E-state index contributed by atoms with van der Waals surface area (Å²) in [5, 5.41) is 2.47. The Kier molecular flexibility index (Phi) is 8.83. The summed E-state index contributed by atoms with van der Waals surface area (Å²) in [6, 6.07) is 10.5. The lowest BCUT2D eigenvalue weighted by Crippen LogP contribution is -2.35. The van der Waals surface area contributed by atoms with E-state index < -0.39 is 23.6 Å². The van der Waals surface area contributed by atoms with Crippen LogP contribution < -0.4 is 15.5 Å². The van der Waals surface area contributed by atoms with E-state index in [2.05, 4.69) is 10.8 Å². The number of nitrogens with one attached hydrogen (secondary N) is 2. The minimum atomic E-state index is -4.48. The Balaban J connectivity index is 2.20. The second kappa shape index (κ2) is 11.3. The van der Waals surface area contributed by atoms with E-state index in [-0.39, 0.29) is 23.4 Å². The molecule has 0 saturated carbocycles. The largest absolute Gasteiger partial charge is 0.493 e. The van der Waals surface area contributed by atoms with Gasteiger partial charge >= 0.3 is 6.18 Å². The van der Waals surface area contributed by atoms with Crippen LogP contribution >= 0.6 is 0 Å². The van der Waals surface area contributed by atoms with E-state index in [0.29, 0.717) is 18.3 Å². The summed E-state index contributed by atoms with van der Waals surface area (Å²) in [6.07, 6.45) is -3.22. The van der Waals surface area contributed by atoms with E-state index in [1.54, 1.807) is 31.2 Å². The highest BCUT2D eigenvalue weighted by molar-refractivity contribution is 6.05. The smallest absolute Gasteiger partial charge is 0.416 e. The number of hydroxylamine groups is 1. The molecule has 0 saturated heterocycles. The first kappa shape index (κ1) is 24.9. The van der Waals surface area contributed by atoms with Crippen LogP contribution in [0.3, 0.4) is 0 Å². The number of alkyl halides is 3. The van der Waals surface area contributed by atoms with Crippen LogP contribution in [0.25, 0.3) is 6.08 Å². The number of carbonyl (C=O) groups is 2. The first-order valence-electron chi connectivity index (χ1n) is 9.95. The fraction of sp³-hybridized carbons (Fsp3) is 0.304. The van der Waals surface area contributed by atoms with Crippen LogP contribution in [0, 0.1) is 5.92 Å². The molecule has 2 aromatic rings. The van der Waals surface area contributed by atoms with Crippen molar-refractivity contribution in [1.82, 2.24) is 10.8 Å². The number of hydrogen-bond acceptors (Lipinski definition) is 4. The van der Waals surface area contributed by atoms with Gasteiger partial charge in [0.25, 0.3) is 11.8 Å². The highest BCUT2D eigenvalue weighted by Gasteiger charge is 2.29. The molecule has 2 aromatic carbocycles. The molecule has 0 aliphatic rings. The average molecular weight is 450 g/mol. The van der Waals surface area contributed by atoms with E-state index in [0.717, 1.165) is 12.1 Å². The van der Waals surface area contributed by atoms with Crippen LogP contribution in [0.15, 0.2) is 54.2 Å². The van der Waals surface area contributed by atoms with Crippen molar-refractivity contribution in [1.29, 1.82) is 0 Å². The van der Waals surface area contributed by atoms with Crippen molar-refractivity contribution in [2.24, 2.45) is 5.92 Å². The molecule has 0 heterocycles. The van der Waals surface area contributed by atoms with Crippen molar-refractivity contribution in [3.05, 3.63) is 70.9 Å². The number of ether oxygens (including phenoxy) is 1. The molecule has 0 radical (unpaired) electrons. The van der Waals surface area contributed by atoms with Gasteiger partial charge in [0.15, 0.2) is 0 Å². The van der Waals surface area contributed by atoms with Crippen molar-refractivity contribution < 1.29 is 32.3 Å². The second-order valence-electron chi connectivity index (χ2n) is 7.23. The van der Waals surface area contributed by atoms with E-state index in [9.17, 15) is 22.8 Å². The van der Waals surface area contributed by atoms with Gasteiger partial charge in [0.05, 0.1) is 18.8 Å². The molecule has 0 spiro atoms. The van der Waals surface area contributed by atoms with Crippen molar-refractivity contribution in [3.63, 3.8) is 0 Å². The highest BCUT2D eigenvalue weighted by atomic mass is 19.4. The molecule has 2 rings (SSSR count). The monoisotopic (exact) mass is 450 g/mol. The quantitative estimate of drug-likeness (QED) is 0.433. The summed E-state index contributed by atoms with van der Waals surface area (Å²) in [5.41, 5.74) is 1.70. The topological polar surface area (TPSA) is 76.7 Å². The molecule has 0 unspecified atom stereocenters. The number of amides is 2. The zero-order valence-corrected chi connectivity index (χ0v) is 18.0. The Bertz CT molecular complexity index is 937. The van der Waals surface area contributed by atoms with E-state index in [4.69, 9.17) is 9.57 Å². The van der Waals surface area contributed by atoms with Gasteiger partial charge in [-0.1, -0.05) is 26.0 Å². The second-order valence-corrected chi connectivity index (χ2v) is 7.23. The van der Waals surface area contributed by atoms with Crippen LogP contribution in [-0.4, -0.2) is 25.0 Å². The molecule has 172 valence electrons. The van der Waals surface area contributed by atoms with Crippen LogP contribution in [0.4, 0.5) is 13.2 Å². The lowest BCUT2D eigenvalue weighted by atomic mass is 10.1. The molecule has 0 aliphatic heterocycles. The van der Waals surface area contributed by atoms with Gasteiger partial charge in [0.2, 0.25) is 0 Å². The third-order valence-electron chi connectivity index (χ3n) is 4.05. The number of benzene rings is 2. The molecule has 9 heteroatoms. The molecule has 2 amide bonds. The van der Waals surface area contributed by atoms with E-state index >= 15 is 0 Å². The first-order valence-corrected chi connectivity index (χ1v) is 9.95. The number of rotatable bonds is 9. The number of hydrogen-bond donors (Lipinski definition) is 2. The van der Waals surface area contributed by atoms with Gasteiger partial charge in [-0.25, -0.2) is 5.48 Å². The predicted molar refractivity (Wildman–Crippen MR) is 113 cm³/mol. The third-order valence-corrected chi connectivity index (χ3v) is 4.05. The SMILES string of the molecule is CCONC(=O)/C(=C/c1ccc(C(F)(F)F)cc1)NC(=O)c1ccc(OCC(C)C)cc1. The summed E-state index contributed by atoms with van der Waals surface area (Å²) < 4.78 is 43.9. The Morgan fingerprint density at radius 2 is 1.66 bits per heavy atom. The lowest BCUT2D eigenvalue weighted by molar-refractivity contribution is -0.137. The molecule has 0 aliphatic carbocycles. The van der Waals surface area contributed by atoms with E-state index in [1.165, 1.54) is 18.2 Å². The molecule has 0 atom stereocenters. The molecule has 0 bridgehead atoms. The minimum Gasteiger partial charge on any atom is -0.493 e. The molecular formula is C23H25F3N2O4. The third kappa shape index (κ3) is 7.73. The molecule has 0 fully saturated rings. The Labute approximate surface area is 184 Å². The molecule has 2 N–H and O–H groups in total. The van der Waals surface area contributed by atoms with Gasteiger partial charge in [-0.2, -0.15) is 13.2 Å². The van der Waals surface area contributed by atoms with Gasteiger partial charge in [-0.05, 0) is 60.9 Å². The predicted octanol–water partition coefficient (Wildman–Crippen LogP) is 4.58. The van der Waals surface area contributed by atoms with Crippen molar-refractivity contribution in [2.75, 3.05) is 13.2 Å². The maximum absolute atomic E-state index is 12.8. The van der Waals surface area contributed by atoms with Crippen molar-refractivity contribution >= 4 is 17.9 Å². The summed E-state index contributed by atoms with van der Waals surface area (Å²) in [7, 11) is 0. The maximum Gasteiger partial charge on any atom is 0.416 e. The van der Waals surface area contributed by atoms with Gasteiger partial charge in [-0.3, -0.25) is 14.4 Å². The normalized spacial score (nSPS) is 11.9. The van der Waals surface area contributed by atoms with E-state index in [1.807, 2.05) is 13.8 Å². The summed E-state index contributed by atoms with van der Waals surface area (Å²) in [4.78, 5) is 29.9. The van der Waals surface area contributed by atoms with Crippen molar-refractivity contribution in [2.45, 2.75) is 26.9 Å². The summed E-state index contributed by atoms with van der Waals surface area (Å²) >= 11 is 0. The van der Waals surface area contributed by atoms with Gasteiger partial charge in [-0.15, -0.1) is 0 Å². The zero-order valence-electron chi connectivity index (χ0n) is 18.0. The van der Waals surface area contributed by atoms with Crippen LogP contribution in [-0.2, 0) is 15.8 Å². The highest BCUT2D eigenvalue weighted by Crippen LogP contribution is 2.29. The average Bonchev–Trinajstić information content (AvgIpc) is 2.75. The Morgan fingerprint density at radius 3 is 2.19 bits per heavy atom. The summed E-state index contributed by atoms with van der Waals surface area (Å²) in [5.74, 6) is -0.383. The van der Waals surface area contributed by atoms with Gasteiger partial charge < -0.3 is 10.1 Å². The molecule has 0 aromatic heterocycles. The van der Waals surface area contributed by atoms with Crippen molar-refractivity contribution in [3.8, 4) is 5.75 Å². The van der Waals surface area contributed by atoms with Gasteiger partial charge in [0.1, 0.15) is 11.4 Å². The number of carbonyl (C=O) groups excluding carboxylic acids is 2. The number of halogens is 3. The standard InChI is InChI=1S/C23H25F3N2O4/c1-4-32-28-22(30)20(13-16-5-9-18(10-6-16)23(24,25)26)27-21(29)17-7-11-19(12-8-17)31-14-15(2)3/h5-13,15H,4,14H2,1-3H3,(H,27,29)(H,28,30)/b20-13-. The Hall–Kier alpha value is -3.33. The van der Waals surface area contributed by atoms with Crippen LogP contribution in [0.5, 0.6) is 5.75 Å². The molecular weight excluding hydrogens is 425 g/mol. The molecule has 6 nitrogen and oxygen atoms in total. The summed E-state index contributed by atoms with van der Waals surface area (Å²) in [6.45, 7) is 6.40. The fourth-order valence-corrected chi connectivity index (χ4v) is 2.45. The van der Waals surface area contributed by atoms with Gasteiger partial charge in [0, 0.05) is 5.56 Å². The van der Waals surface area contributed by atoms with Crippen LogP contribution in [0.2, 0.25) is 0 Å². The first-order chi connectivity index (χ1) is 15.1. The maximum atomic E-state index is 12.8. The minimum absolute atomic E-state index is 0.186. The zero-order chi connectivity index (χ0) is 23.7. The molecule has 32 heavy (non-hydrogen) atoms. The Morgan fingerprint density at radius 1 is 1.03 bits per heavy atom. The van der Waals surface area contributed by atoms with Crippen LogP contribution in [0.1, 0.15) is 42.3 Å². The fourth-order valence-electron chi connectivity index (χ4n) is 2.45.